The van der Waals surface area contributed by atoms with Crippen molar-refractivity contribution in [3.05, 3.63) is 23.8 Å². The zero-order valence-corrected chi connectivity index (χ0v) is 10.8. The summed E-state index contributed by atoms with van der Waals surface area (Å²) in [4.78, 5) is 0.478. The van der Waals surface area contributed by atoms with Crippen LogP contribution in [0, 0.1) is 0 Å². The molecule has 1 atom stereocenters. The molecule has 0 saturated carbocycles. The molecule has 1 aromatic carbocycles. The normalized spacial score (nSPS) is 18.9. The number of alkyl halides is 1. The van der Waals surface area contributed by atoms with Crippen molar-refractivity contribution in [2.75, 3.05) is 0 Å². The highest BCUT2D eigenvalue weighted by atomic mass is 79.9. The van der Waals surface area contributed by atoms with Crippen LogP contribution in [0.2, 0.25) is 0 Å². The molecule has 0 amide bonds. The minimum Gasteiger partial charge on any atom is -0.449 e. The number of rotatable bonds is 2. The van der Waals surface area contributed by atoms with Gasteiger partial charge in [0.25, 0.3) is 0 Å². The molecule has 82 valence electrons. The van der Waals surface area contributed by atoms with Gasteiger partial charge in [0.15, 0.2) is 11.5 Å². The standard InChI is InChI=1S/C12H15BrO2/c1-8(13)6-9-4-5-10-11(7-9)15-12(2,3)14-10/h4-5,7-8H,6H2,1-3H3/t8-/m0/s1. The van der Waals surface area contributed by atoms with Crippen molar-refractivity contribution in [3.8, 4) is 11.5 Å². The van der Waals surface area contributed by atoms with Gasteiger partial charge >= 0.3 is 0 Å². The van der Waals surface area contributed by atoms with E-state index in [1.54, 1.807) is 0 Å². The Balaban J connectivity index is 2.23. The highest BCUT2D eigenvalue weighted by molar-refractivity contribution is 9.09. The molecular weight excluding hydrogens is 256 g/mol. The molecule has 1 aliphatic rings. The lowest BCUT2D eigenvalue weighted by Gasteiger charge is -2.16. The fourth-order valence-electron chi connectivity index (χ4n) is 1.72. The van der Waals surface area contributed by atoms with Crippen LogP contribution in [0.1, 0.15) is 26.3 Å². The highest BCUT2D eigenvalue weighted by Crippen LogP contribution is 2.39. The molecule has 0 aromatic heterocycles. The maximum absolute atomic E-state index is 5.68. The van der Waals surface area contributed by atoms with Crippen LogP contribution in [-0.4, -0.2) is 10.6 Å². The van der Waals surface area contributed by atoms with Gasteiger partial charge in [-0.1, -0.05) is 28.9 Å². The van der Waals surface area contributed by atoms with Gasteiger partial charge in [-0.15, -0.1) is 0 Å². The Morgan fingerprint density at radius 2 is 1.93 bits per heavy atom. The summed E-state index contributed by atoms with van der Waals surface area (Å²) in [5.74, 6) is 1.16. The van der Waals surface area contributed by atoms with Crippen molar-refractivity contribution in [2.45, 2.75) is 37.8 Å². The lowest BCUT2D eigenvalue weighted by Crippen LogP contribution is -2.29. The third kappa shape index (κ3) is 2.46. The van der Waals surface area contributed by atoms with E-state index in [4.69, 9.17) is 9.47 Å². The molecule has 0 spiro atoms. The maximum atomic E-state index is 5.68. The van der Waals surface area contributed by atoms with Crippen LogP contribution in [0.5, 0.6) is 11.5 Å². The molecule has 3 heteroatoms. The van der Waals surface area contributed by atoms with Crippen LogP contribution >= 0.6 is 15.9 Å². The second-order valence-corrected chi connectivity index (χ2v) is 5.93. The van der Waals surface area contributed by atoms with E-state index in [-0.39, 0.29) is 0 Å². The Labute approximate surface area is 98.7 Å². The van der Waals surface area contributed by atoms with E-state index in [0.29, 0.717) is 4.83 Å². The van der Waals surface area contributed by atoms with Crippen molar-refractivity contribution in [2.24, 2.45) is 0 Å². The molecular formula is C12H15BrO2. The monoisotopic (exact) mass is 270 g/mol. The zero-order valence-electron chi connectivity index (χ0n) is 9.21. The first-order valence-electron chi connectivity index (χ1n) is 5.11. The Kier molecular flexibility index (Phi) is 2.67. The van der Waals surface area contributed by atoms with E-state index in [1.807, 2.05) is 19.9 Å². The van der Waals surface area contributed by atoms with Gasteiger partial charge in [-0.3, -0.25) is 0 Å². The van der Waals surface area contributed by atoms with E-state index < -0.39 is 5.79 Å². The maximum Gasteiger partial charge on any atom is 0.246 e. The average molecular weight is 271 g/mol. The summed E-state index contributed by atoms with van der Waals surface area (Å²) in [6.07, 6.45) is 0.997. The number of halogens is 1. The molecule has 0 unspecified atom stereocenters. The van der Waals surface area contributed by atoms with Gasteiger partial charge in [-0.2, -0.15) is 0 Å². The fourth-order valence-corrected chi connectivity index (χ4v) is 2.09. The fraction of sp³-hybridized carbons (Fsp3) is 0.500. The lowest BCUT2D eigenvalue weighted by atomic mass is 10.1. The predicted octanol–water partition coefficient (Wildman–Crippen LogP) is 3.52. The smallest absolute Gasteiger partial charge is 0.246 e. The quantitative estimate of drug-likeness (QED) is 0.766. The second-order valence-electron chi connectivity index (χ2n) is 4.37. The lowest BCUT2D eigenvalue weighted by molar-refractivity contribution is -0.0431. The van der Waals surface area contributed by atoms with E-state index in [1.165, 1.54) is 5.56 Å². The minimum atomic E-state index is -0.527. The Morgan fingerprint density at radius 1 is 1.27 bits per heavy atom. The summed E-state index contributed by atoms with van der Waals surface area (Å²) in [6.45, 7) is 5.97. The molecule has 1 aromatic rings. The molecule has 1 heterocycles. The van der Waals surface area contributed by atoms with E-state index in [0.717, 1.165) is 17.9 Å². The van der Waals surface area contributed by atoms with Crippen molar-refractivity contribution < 1.29 is 9.47 Å². The first-order chi connectivity index (χ1) is 6.96. The third-order valence-electron chi connectivity index (χ3n) is 2.24. The van der Waals surface area contributed by atoms with Crippen LogP contribution in [0.4, 0.5) is 0 Å². The van der Waals surface area contributed by atoms with Gasteiger partial charge in [0.2, 0.25) is 5.79 Å². The number of hydrogen-bond donors (Lipinski definition) is 0. The molecule has 0 saturated heterocycles. The molecule has 0 N–H and O–H groups in total. The van der Waals surface area contributed by atoms with Gasteiger partial charge in [0, 0.05) is 18.7 Å². The van der Waals surface area contributed by atoms with Gasteiger partial charge in [-0.05, 0) is 24.1 Å². The summed E-state index contributed by atoms with van der Waals surface area (Å²) >= 11 is 3.54. The van der Waals surface area contributed by atoms with Crippen molar-refractivity contribution in [1.29, 1.82) is 0 Å². The molecule has 2 nitrogen and oxygen atoms in total. The number of ether oxygens (including phenoxy) is 2. The van der Waals surface area contributed by atoms with Crippen LogP contribution in [0.3, 0.4) is 0 Å². The highest BCUT2D eigenvalue weighted by Gasteiger charge is 2.31. The topological polar surface area (TPSA) is 18.5 Å². The molecule has 2 rings (SSSR count). The number of hydrogen-bond acceptors (Lipinski definition) is 2. The van der Waals surface area contributed by atoms with Gasteiger partial charge in [0.05, 0.1) is 0 Å². The van der Waals surface area contributed by atoms with E-state index in [9.17, 15) is 0 Å². The summed E-state index contributed by atoms with van der Waals surface area (Å²) in [6, 6.07) is 6.12. The summed E-state index contributed by atoms with van der Waals surface area (Å²) in [5.41, 5.74) is 1.26. The third-order valence-corrected chi connectivity index (χ3v) is 2.56. The largest absolute Gasteiger partial charge is 0.449 e. The molecule has 0 bridgehead atoms. The Hall–Kier alpha value is -0.700. The van der Waals surface area contributed by atoms with Crippen molar-refractivity contribution >= 4 is 15.9 Å². The predicted molar refractivity (Wildman–Crippen MR) is 63.9 cm³/mol. The first-order valence-corrected chi connectivity index (χ1v) is 6.03. The van der Waals surface area contributed by atoms with Crippen molar-refractivity contribution in [1.82, 2.24) is 0 Å². The molecule has 0 radical (unpaired) electrons. The average Bonchev–Trinajstić information content (AvgIpc) is 2.36. The molecule has 0 aliphatic carbocycles. The first kappa shape index (κ1) is 10.8. The van der Waals surface area contributed by atoms with E-state index >= 15 is 0 Å². The SMILES string of the molecule is C[C@H](Br)Cc1ccc2c(c1)OC(C)(C)O2. The molecule has 0 fully saturated rings. The van der Waals surface area contributed by atoms with E-state index in [2.05, 4.69) is 35.0 Å². The van der Waals surface area contributed by atoms with Crippen molar-refractivity contribution in [3.63, 3.8) is 0 Å². The second kappa shape index (κ2) is 3.71. The molecule has 1 aliphatic heterocycles. The minimum absolute atomic E-state index is 0.478. The zero-order chi connectivity index (χ0) is 11.1. The van der Waals surface area contributed by atoms with Crippen LogP contribution in [-0.2, 0) is 6.42 Å². The summed E-state index contributed by atoms with van der Waals surface area (Å²) < 4.78 is 11.3. The Bertz CT molecular complexity index is 372. The van der Waals surface area contributed by atoms with Gasteiger partial charge in [0.1, 0.15) is 0 Å². The summed E-state index contributed by atoms with van der Waals surface area (Å²) in [7, 11) is 0. The van der Waals surface area contributed by atoms with Gasteiger partial charge < -0.3 is 9.47 Å². The molecule has 15 heavy (non-hydrogen) atoms. The number of benzene rings is 1. The van der Waals surface area contributed by atoms with Crippen LogP contribution in [0.15, 0.2) is 18.2 Å². The Morgan fingerprint density at radius 3 is 2.60 bits per heavy atom. The van der Waals surface area contributed by atoms with Crippen LogP contribution in [0.25, 0.3) is 0 Å². The number of fused-ring (bicyclic) bond motifs is 1. The van der Waals surface area contributed by atoms with Crippen LogP contribution < -0.4 is 9.47 Å². The summed E-state index contributed by atoms with van der Waals surface area (Å²) in [5, 5.41) is 0. The van der Waals surface area contributed by atoms with Gasteiger partial charge in [-0.25, -0.2) is 0 Å².